The smallest absolute Gasteiger partial charge is 0.115 e. The van der Waals surface area contributed by atoms with Crippen molar-refractivity contribution in [2.24, 2.45) is 4.99 Å². The van der Waals surface area contributed by atoms with E-state index in [1.165, 1.54) is 6.42 Å². The lowest BCUT2D eigenvalue weighted by molar-refractivity contribution is 0.127. The summed E-state index contributed by atoms with van der Waals surface area (Å²) >= 11 is 0. The van der Waals surface area contributed by atoms with Crippen molar-refractivity contribution in [2.75, 3.05) is 13.1 Å². The third-order valence-electron chi connectivity index (χ3n) is 2.43. The summed E-state index contributed by atoms with van der Waals surface area (Å²) in [4.78, 5) is 4.35. The molecule has 0 bridgehead atoms. The summed E-state index contributed by atoms with van der Waals surface area (Å²) in [5.74, 6) is 1.16. The molecule has 0 saturated heterocycles. The zero-order valence-electron chi connectivity index (χ0n) is 7.83. The number of rotatable bonds is 2. The highest BCUT2D eigenvalue weighted by molar-refractivity contribution is 5.83. The van der Waals surface area contributed by atoms with E-state index in [-0.39, 0.29) is 0 Å². The van der Waals surface area contributed by atoms with Crippen molar-refractivity contribution in [1.82, 2.24) is 5.32 Å². The first-order valence-corrected chi connectivity index (χ1v) is 5.03. The van der Waals surface area contributed by atoms with Crippen LogP contribution in [0.2, 0.25) is 0 Å². The van der Waals surface area contributed by atoms with Gasteiger partial charge in [0.25, 0.3) is 0 Å². The van der Waals surface area contributed by atoms with Gasteiger partial charge in [-0.15, -0.1) is 0 Å². The zero-order valence-corrected chi connectivity index (χ0v) is 7.83. The average molecular weight is 180 g/mol. The van der Waals surface area contributed by atoms with Crippen molar-refractivity contribution in [3.63, 3.8) is 0 Å². The Morgan fingerprint density at radius 1 is 1.62 bits per heavy atom. The maximum Gasteiger partial charge on any atom is 0.115 e. The van der Waals surface area contributed by atoms with Gasteiger partial charge in [0.15, 0.2) is 0 Å². The van der Waals surface area contributed by atoms with Gasteiger partial charge in [0.05, 0.1) is 18.6 Å². The Kier molecular flexibility index (Phi) is 2.85. The Labute approximate surface area is 78.9 Å². The Morgan fingerprint density at radius 2 is 2.62 bits per heavy atom. The highest BCUT2D eigenvalue weighted by Gasteiger charge is 2.12. The summed E-state index contributed by atoms with van der Waals surface area (Å²) in [6.07, 6.45) is 8.80. The van der Waals surface area contributed by atoms with Crippen molar-refractivity contribution >= 4 is 5.84 Å². The van der Waals surface area contributed by atoms with Crippen LogP contribution < -0.4 is 5.32 Å². The number of hydrogen-bond donors (Lipinski definition) is 1. The van der Waals surface area contributed by atoms with Crippen LogP contribution in [0.1, 0.15) is 25.7 Å². The van der Waals surface area contributed by atoms with E-state index in [4.69, 9.17) is 4.74 Å². The van der Waals surface area contributed by atoms with E-state index in [1.54, 1.807) is 0 Å². The first-order valence-electron chi connectivity index (χ1n) is 5.03. The second-order valence-electron chi connectivity index (χ2n) is 3.52. The van der Waals surface area contributed by atoms with E-state index < -0.39 is 0 Å². The van der Waals surface area contributed by atoms with Crippen molar-refractivity contribution < 1.29 is 4.74 Å². The van der Waals surface area contributed by atoms with Crippen LogP contribution in [0.3, 0.4) is 0 Å². The molecule has 2 rings (SSSR count). The molecule has 0 aromatic rings. The maximum atomic E-state index is 5.44. The van der Waals surface area contributed by atoms with Crippen LogP contribution in [-0.2, 0) is 4.74 Å². The van der Waals surface area contributed by atoms with Crippen LogP contribution in [0.5, 0.6) is 0 Å². The summed E-state index contributed by atoms with van der Waals surface area (Å²) in [7, 11) is 0. The normalized spacial score (nSPS) is 26.8. The van der Waals surface area contributed by atoms with Gasteiger partial charge >= 0.3 is 0 Å². The monoisotopic (exact) mass is 180 g/mol. The minimum absolute atomic E-state index is 0.341. The number of ether oxygens (including phenoxy) is 1. The SMILES string of the molecule is C1=COC(CNC2=NCCC2)CC1. The molecule has 3 heteroatoms. The van der Waals surface area contributed by atoms with Gasteiger partial charge in [-0.05, 0) is 25.3 Å². The van der Waals surface area contributed by atoms with Crippen LogP contribution in [0, 0.1) is 0 Å². The molecule has 0 amide bonds. The second kappa shape index (κ2) is 4.30. The Morgan fingerprint density at radius 3 is 3.31 bits per heavy atom. The maximum absolute atomic E-state index is 5.44. The number of nitrogens with zero attached hydrogens (tertiary/aromatic N) is 1. The Balaban J connectivity index is 1.69. The fraction of sp³-hybridized carbons (Fsp3) is 0.700. The predicted molar refractivity (Wildman–Crippen MR) is 52.8 cm³/mol. The lowest BCUT2D eigenvalue weighted by Crippen LogP contribution is -2.32. The summed E-state index contributed by atoms with van der Waals surface area (Å²) in [6, 6.07) is 0. The fourth-order valence-corrected chi connectivity index (χ4v) is 1.65. The van der Waals surface area contributed by atoms with Gasteiger partial charge in [0.2, 0.25) is 0 Å². The lowest BCUT2D eigenvalue weighted by atomic mass is 10.1. The molecule has 0 aromatic carbocycles. The highest BCUT2D eigenvalue weighted by Crippen LogP contribution is 2.09. The molecule has 1 N–H and O–H groups in total. The van der Waals surface area contributed by atoms with Crippen LogP contribution in [-0.4, -0.2) is 25.0 Å². The van der Waals surface area contributed by atoms with E-state index in [1.807, 2.05) is 6.26 Å². The van der Waals surface area contributed by atoms with Crippen LogP contribution in [0.4, 0.5) is 0 Å². The number of nitrogens with one attached hydrogen (secondary N) is 1. The number of hydrogen-bond acceptors (Lipinski definition) is 3. The molecule has 0 aliphatic carbocycles. The Hall–Kier alpha value is -0.990. The number of allylic oxidation sites excluding steroid dienone is 1. The van der Waals surface area contributed by atoms with Gasteiger partial charge in [-0.25, -0.2) is 0 Å². The average Bonchev–Trinajstić information content (AvgIpc) is 2.69. The summed E-state index contributed by atoms with van der Waals surface area (Å²) < 4.78 is 5.44. The molecule has 13 heavy (non-hydrogen) atoms. The molecule has 2 aliphatic rings. The van der Waals surface area contributed by atoms with Crippen LogP contribution >= 0.6 is 0 Å². The first-order chi connectivity index (χ1) is 6.45. The molecule has 0 fully saturated rings. The van der Waals surface area contributed by atoms with Crippen molar-refractivity contribution in [2.45, 2.75) is 31.8 Å². The second-order valence-corrected chi connectivity index (χ2v) is 3.52. The molecule has 3 nitrogen and oxygen atoms in total. The van der Waals surface area contributed by atoms with Crippen molar-refractivity contribution in [3.05, 3.63) is 12.3 Å². The van der Waals surface area contributed by atoms with E-state index in [0.29, 0.717) is 6.10 Å². The van der Waals surface area contributed by atoms with Gasteiger partial charge in [-0.2, -0.15) is 0 Å². The van der Waals surface area contributed by atoms with Gasteiger partial charge in [-0.1, -0.05) is 0 Å². The van der Waals surface area contributed by atoms with Gasteiger partial charge in [0.1, 0.15) is 6.10 Å². The highest BCUT2D eigenvalue weighted by atomic mass is 16.5. The molecule has 1 atom stereocenters. The minimum atomic E-state index is 0.341. The zero-order chi connectivity index (χ0) is 8.93. The summed E-state index contributed by atoms with van der Waals surface area (Å²) in [5.41, 5.74) is 0. The van der Waals surface area contributed by atoms with E-state index in [9.17, 15) is 0 Å². The lowest BCUT2D eigenvalue weighted by Gasteiger charge is -2.20. The van der Waals surface area contributed by atoms with Gasteiger partial charge in [-0.3, -0.25) is 4.99 Å². The number of aliphatic imine (C=N–C) groups is 1. The van der Waals surface area contributed by atoms with E-state index in [0.717, 1.165) is 38.2 Å². The standard InChI is InChI=1S/C10H16N2O/c1-2-7-13-9(4-1)8-12-10-5-3-6-11-10/h2,7,9H,1,3-6,8H2,(H,11,12). The van der Waals surface area contributed by atoms with Crippen molar-refractivity contribution in [3.8, 4) is 0 Å². The molecule has 0 saturated carbocycles. The third-order valence-corrected chi connectivity index (χ3v) is 2.43. The quantitative estimate of drug-likeness (QED) is 0.698. The molecule has 1 unspecified atom stereocenters. The molecule has 0 radical (unpaired) electrons. The molecule has 72 valence electrons. The van der Waals surface area contributed by atoms with Crippen LogP contribution in [0.25, 0.3) is 0 Å². The summed E-state index contributed by atoms with van der Waals surface area (Å²) in [5, 5.41) is 3.34. The largest absolute Gasteiger partial charge is 0.497 e. The van der Waals surface area contributed by atoms with Crippen LogP contribution in [0.15, 0.2) is 17.3 Å². The molecule has 2 heterocycles. The molecule has 0 aromatic heterocycles. The molecular weight excluding hydrogens is 164 g/mol. The fourth-order valence-electron chi connectivity index (χ4n) is 1.65. The van der Waals surface area contributed by atoms with Gasteiger partial charge in [0, 0.05) is 13.0 Å². The van der Waals surface area contributed by atoms with E-state index >= 15 is 0 Å². The minimum Gasteiger partial charge on any atom is -0.497 e. The third kappa shape index (κ3) is 2.47. The molecule has 0 spiro atoms. The van der Waals surface area contributed by atoms with Gasteiger partial charge < -0.3 is 10.1 Å². The molecular formula is C10H16N2O. The summed E-state index contributed by atoms with van der Waals surface area (Å²) in [6.45, 7) is 1.90. The topological polar surface area (TPSA) is 33.6 Å². The van der Waals surface area contributed by atoms with Crippen molar-refractivity contribution in [1.29, 1.82) is 0 Å². The van der Waals surface area contributed by atoms with E-state index in [2.05, 4.69) is 16.4 Å². The number of amidine groups is 1. The predicted octanol–water partition coefficient (Wildman–Crippen LogP) is 1.46. The Bertz CT molecular complexity index is 223. The first kappa shape index (κ1) is 8.60. The molecule has 2 aliphatic heterocycles.